The van der Waals surface area contributed by atoms with E-state index in [9.17, 15) is 4.79 Å². The smallest absolute Gasteiger partial charge is 0.254 e. The number of H-pyrrole nitrogens is 1. The second-order valence-electron chi connectivity index (χ2n) is 6.35. The van der Waals surface area contributed by atoms with Crippen molar-refractivity contribution in [2.24, 2.45) is 7.05 Å². The van der Waals surface area contributed by atoms with Gasteiger partial charge in [0.25, 0.3) is 5.91 Å². The minimum absolute atomic E-state index is 0.00182. The zero-order valence-corrected chi connectivity index (χ0v) is 14.5. The molecule has 0 spiro atoms. The van der Waals surface area contributed by atoms with Gasteiger partial charge in [0.15, 0.2) is 0 Å². The van der Waals surface area contributed by atoms with Gasteiger partial charge >= 0.3 is 0 Å². The lowest BCUT2D eigenvalue weighted by atomic mass is 10.0. The molecule has 0 radical (unpaired) electrons. The van der Waals surface area contributed by atoms with Crippen LogP contribution in [0.4, 0.5) is 0 Å². The van der Waals surface area contributed by atoms with Crippen molar-refractivity contribution >= 4 is 28.4 Å². The monoisotopic (exact) mass is 342 g/mol. The minimum atomic E-state index is -0.00182. The van der Waals surface area contributed by atoms with Gasteiger partial charge in [-0.15, -0.1) is 0 Å². The summed E-state index contributed by atoms with van der Waals surface area (Å²) >= 11 is 6.43. The van der Waals surface area contributed by atoms with Crippen molar-refractivity contribution < 1.29 is 4.79 Å². The zero-order valence-electron chi connectivity index (χ0n) is 13.7. The van der Waals surface area contributed by atoms with Crippen LogP contribution < -0.4 is 0 Å². The molecular formula is C18H19ClN4O. The average Bonchev–Trinajstić information content (AvgIpc) is 3.26. The van der Waals surface area contributed by atoms with Gasteiger partial charge in [-0.05, 0) is 43.4 Å². The molecule has 3 heterocycles. The van der Waals surface area contributed by atoms with Crippen LogP contribution in [0.25, 0.3) is 10.9 Å². The number of benzene rings is 1. The van der Waals surface area contributed by atoms with Gasteiger partial charge in [-0.3, -0.25) is 9.48 Å². The number of likely N-dealkylation sites (tertiary alicyclic amines) is 1. The number of hydrogen-bond acceptors (Lipinski definition) is 2. The molecular weight excluding hydrogens is 324 g/mol. The molecule has 3 aromatic rings. The van der Waals surface area contributed by atoms with E-state index in [0.29, 0.717) is 10.7 Å². The van der Waals surface area contributed by atoms with Crippen LogP contribution in [0, 0.1) is 6.92 Å². The predicted octanol–water partition coefficient (Wildman–Crippen LogP) is 3.84. The number of halogens is 1. The van der Waals surface area contributed by atoms with E-state index in [1.807, 2.05) is 49.3 Å². The zero-order chi connectivity index (χ0) is 16.8. The standard InChI is InChI=1S/C18H19ClN4O/c1-11-16(17(19)22(2)21-11)15-4-3-9-23(15)18(24)13-6-5-12-7-8-20-14(12)10-13/h5-8,10,15,20H,3-4,9H2,1-2H3/t15-/m1/s1. The van der Waals surface area contributed by atoms with Gasteiger partial charge in [0.1, 0.15) is 5.15 Å². The number of rotatable bonds is 2. The first kappa shape index (κ1) is 15.3. The van der Waals surface area contributed by atoms with Crippen molar-refractivity contribution in [1.29, 1.82) is 0 Å². The van der Waals surface area contributed by atoms with Crippen molar-refractivity contribution in [2.75, 3.05) is 6.54 Å². The van der Waals surface area contributed by atoms with E-state index >= 15 is 0 Å². The van der Waals surface area contributed by atoms with Gasteiger partial charge in [0.05, 0.1) is 11.7 Å². The highest BCUT2D eigenvalue weighted by Gasteiger charge is 2.34. The number of aromatic nitrogens is 3. The Morgan fingerprint density at radius 3 is 2.96 bits per heavy atom. The maximum absolute atomic E-state index is 13.1. The second kappa shape index (κ2) is 5.67. The molecule has 1 atom stereocenters. The molecule has 2 aromatic heterocycles. The van der Waals surface area contributed by atoms with Gasteiger partial charge in [0.2, 0.25) is 0 Å². The number of carbonyl (C=O) groups excluding carboxylic acids is 1. The van der Waals surface area contributed by atoms with Crippen molar-refractivity contribution in [1.82, 2.24) is 19.7 Å². The van der Waals surface area contributed by atoms with Crippen molar-refractivity contribution in [3.63, 3.8) is 0 Å². The largest absolute Gasteiger partial charge is 0.361 e. The Labute approximate surface area is 145 Å². The van der Waals surface area contributed by atoms with Crippen LogP contribution >= 0.6 is 11.6 Å². The molecule has 0 saturated carbocycles. The van der Waals surface area contributed by atoms with Gasteiger partial charge in [-0.2, -0.15) is 5.10 Å². The Morgan fingerprint density at radius 1 is 1.38 bits per heavy atom. The van der Waals surface area contributed by atoms with Crippen LogP contribution in [-0.4, -0.2) is 32.1 Å². The van der Waals surface area contributed by atoms with Crippen LogP contribution in [0.2, 0.25) is 5.15 Å². The third kappa shape index (κ3) is 2.31. The summed E-state index contributed by atoms with van der Waals surface area (Å²) < 4.78 is 1.68. The molecule has 124 valence electrons. The maximum atomic E-state index is 13.1. The SMILES string of the molecule is Cc1nn(C)c(Cl)c1[C@H]1CCCN1C(=O)c1ccc2cc[nH]c2c1. The highest BCUT2D eigenvalue weighted by molar-refractivity contribution is 6.30. The topological polar surface area (TPSA) is 53.9 Å². The van der Waals surface area contributed by atoms with Crippen LogP contribution in [0.3, 0.4) is 0 Å². The average molecular weight is 343 g/mol. The molecule has 1 N–H and O–H groups in total. The van der Waals surface area contributed by atoms with E-state index in [1.54, 1.807) is 4.68 Å². The van der Waals surface area contributed by atoms with Crippen molar-refractivity contribution in [2.45, 2.75) is 25.8 Å². The number of amides is 1. The molecule has 1 amide bonds. The molecule has 1 saturated heterocycles. The second-order valence-corrected chi connectivity index (χ2v) is 6.71. The van der Waals surface area contributed by atoms with Crippen molar-refractivity contribution in [3.05, 3.63) is 52.4 Å². The number of hydrogen-bond donors (Lipinski definition) is 1. The number of nitrogens with zero attached hydrogens (tertiary/aromatic N) is 3. The predicted molar refractivity (Wildman–Crippen MR) is 94.3 cm³/mol. The highest BCUT2D eigenvalue weighted by atomic mass is 35.5. The lowest BCUT2D eigenvalue weighted by Gasteiger charge is -2.25. The molecule has 1 fully saturated rings. The maximum Gasteiger partial charge on any atom is 0.254 e. The fraction of sp³-hybridized carbons (Fsp3) is 0.333. The van der Waals surface area contributed by atoms with E-state index in [-0.39, 0.29) is 11.9 Å². The third-order valence-electron chi connectivity index (χ3n) is 4.85. The van der Waals surface area contributed by atoms with E-state index < -0.39 is 0 Å². The Hall–Kier alpha value is -2.27. The molecule has 1 aromatic carbocycles. The van der Waals surface area contributed by atoms with Crippen LogP contribution in [0.15, 0.2) is 30.5 Å². The summed E-state index contributed by atoms with van der Waals surface area (Å²) in [5, 5.41) is 6.13. The quantitative estimate of drug-likeness (QED) is 0.769. The van der Waals surface area contributed by atoms with Gasteiger partial charge in [-0.25, -0.2) is 0 Å². The third-order valence-corrected chi connectivity index (χ3v) is 5.29. The first-order valence-corrected chi connectivity index (χ1v) is 8.51. The van der Waals surface area contributed by atoms with Crippen LogP contribution in [-0.2, 0) is 7.05 Å². The summed E-state index contributed by atoms with van der Waals surface area (Å²) in [5.74, 6) is 0.0494. The van der Waals surface area contributed by atoms with E-state index in [2.05, 4.69) is 10.1 Å². The summed E-state index contributed by atoms with van der Waals surface area (Å²) in [6.07, 6.45) is 3.78. The van der Waals surface area contributed by atoms with Gasteiger partial charge in [-0.1, -0.05) is 17.7 Å². The molecule has 1 aliphatic rings. The summed E-state index contributed by atoms with van der Waals surface area (Å²) in [4.78, 5) is 18.2. The molecule has 6 heteroatoms. The van der Waals surface area contributed by atoms with E-state index in [4.69, 9.17) is 11.6 Å². The van der Waals surface area contributed by atoms with Gasteiger partial charge < -0.3 is 9.88 Å². The first-order chi connectivity index (χ1) is 11.6. The number of fused-ring (bicyclic) bond motifs is 1. The molecule has 0 aliphatic carbocycles. The van der Waals surface area contributed by atoms with Crippen LogP contribution in [0.5, 0.6) is 0 Å². The fourth-order valence-corrected chi connectivity index (χ4v) is 3.98. The number of nitrogens with one attached hydrogen (secondary N) is 1. The molecule has 4 rings (SSSR count). The summed E-state index contributed by atoms with van der Waals surface area (Å²) in [6.45, 7) is 2.70. The number of aryl methyl sites for hydroxylation is 2. The Bertz CT molecular complexity index is 926. The molecule has 0 unspecified atom stereocenters. The first-order valence-electron chi connectivity index (χ1n) is 8.13. The molecule has 24 heavy (non-hydrogen) atoms. The van der Waals surface area contributed by atoms with Crippen molar-refractivity contribution in [3.8, 4) is 0 Å². The Balaban J connectivity index is 1.70. The van der Waals surface area contributed by atoms with Gasteiger partial charge in [0, 0.05) is 36.4 Å². The number of aromatic amines is 1. The lowest BCUT2D eigenvalue weighted by Crippen LogP contribution is -2.30. The highest BCUT2D eigenvalue weighted by Crippen LogP contribution is 2.38. The minimum Gasteiger partial charge on any atom is -0.361 e. The van der Waals surface area contributed by atoms with E-state index in [1.165, 1.54) is 0 Å². The van der Waals surface area contributed by atoms with E-state index in [0.717, 1.165) is 41.5 Å². The molecule has 5 nitrogen and oxygen atoms in total. The fourth-order valence-electron chi connectivity index (χ4n) is 3.68. The Kier molecular flexibility index (Phi) is 3.61. The molecule has 0 bridgehead atoms. The lowest BCUT2D eigenvalue weighted by molar-refractivity contribution is 0.0735. The summed E-state index contributed by atoms with van der Waals surface area (Å²) in [6, 6.07) is 7.79. The number of carbonyl (C=O) groups is 1. The van der Waals surface area contributed by atoms with Crippen LogP contribution in [0.1, 0.15) is 40.5 Å². The normalized spacial score (nSPS) is 17.8. The molecule has 1 aliphatic heterocycles. The summed E-state index contributed by atoms with van der Waals surface area (Å²) in [7, 11) is 1.83. The Morgan fingerprint density at radius 2 is 2.21 bits per heavy atom. The summed E-state index contributed by atoms with van der Waals surface area (Å²) in [5.41, 5.74) is 3.56.